The van der Waals surface area contributed by atoms with Gasteiger partial charge in [0, 0.05) is 5.92 Å². The maximum atomic E-state index is 12.8. The van der Waals surface area contributed by atoms with Crippen LogP contribution >= 0.6 is 27.3 Å². The summed E-state index contributed by atoms with van der Waals surface area (Å²) < 4.78 is 27.0. The molecule has 1 saturated carbocycles. The number of carbonyl (C=O) groups is 1. The lowest BCUT2D eigenvalue weighted by molar-refractivity contribution is -0.117. The monoisotopic (exact) mass is 391 g/mol. The standard InChI is InChI=1S/C12H12BrF2N5OS/c1-5-8(13)9(10(14)15)19-20(5)4-7(21)16-12-18-17-11(22-12)6-2-3-6/h6,10H,2-4H2,1H3,(H,16,18,21). The van der Waals surface area contributed by atoms with E-state index in [1.807, 2.05) is 0 Å². The SMILES string of the molecule is Cc1c(Br)c(C(F)F)nn1CC(=O)Nc1nnc(C2CC2)s1. The smallest absolute Gasteiger partial charge is 0.283 e. The summed E-state index contributed by atoms with van der Waals surface area (Å²) >= 11 is 4.42. The Bertz CT molecular complexity index is 712. The molecule has 3 rings (SSSR count). The molecule has 0 radical (unpaired) electrons. The lowest BCUT2D eigenvalue weighted by atomic mass is 10.4. The van der Waals surface area contributed by atoms with Gasteiger partial charge in [0.05, 0.1) is 10.2 Å². The van der Waals surface area contributed by atoms with Gasteiger partial charge in [0.25, 0.3) is 6.43 Å². The summed E-state index contributed by atoms with van der Waals surface area (Å²) in [5, 5.41) is 15.7. The third-order valence-electron chi connectivity index (χ3n) is 3.27. The van der Waals surface area contributed by atoms with Crippen LogP contribution in [0.2, 0.25) is 0 Å². The minimum atomic E-state index is -2.69. The van der Waals surface area contributed by atoms with E-state index in [2.05, 4.69) is 36.5 Å². The van der Waals surface area contributed by atoms with E-state index in [9.17, 15) is 13.6 Å². The third kappa shape index (κ3) is 3.17. The Morgan fingerprint density at radius 1 is 1.50 bits per heavy atom. The summed E-state index contributed by atoms with van der Waals surface area (Å²) in [7, 11) is 0. The van der Waals surface area contributed by atoms with Crippen molar-refractivity contribution in [2.24, 2.45) is 0 Å². The first kappa shape index (κ1) is 15.5. The Labute approximate surface area is 137 Å². The van der Waals surface area contributed by atoms with E-state index >= 15 is 0 Å². The molecule has 1 aliphatic rings. The average molecular weight is 392 g/mol. The fraction of sp³-hybridized carbons (Fsp3) is 0.500. The van der Waals surface area contributed by atoms with Crippen LogP contribution in [0, 0.1) is 6.92 Å². The first-order chi connectivity index (χ1) is 10.5. The minimum absolute atomic E-state index is 0.157. The van der Waals surface area contributed by atoms with Crippen molar-refractivity contribution in [3.8, 4) is 0 Å². The highest BCUT2D eigenvalue weighted by Crippen LogP contribution is 2.42. The molecule has 6 nitrogen and oxygen atoms in total. The molecule has 0 aliphatic heterocycles. The zero-order valence-corrected chi connectivity index (χ0v) is 13.9. The second-order valence-corrected chi connectivity index (χ2v) is 6.81. The molecule has 118 valence electrons. The maximum absolute atomic E-state index is 12.8. The van der Waals surface area contributed by atoms with Gasteiger partial charge in [0.2, 0.25) is 11.0 Å². The second kappa shape index (κ2) is 5.99. The fourth-order valence-electron chi connectivity index (χ4n) is 1.92. The average Bonchev–Trinajstić information content (AvgIpc) is 3.15. The summed E-state index contributed by atoms with van der Waals surface area (Å²) in [6.45, 7) is 1.46. The van der Waals surface area contributed by atoms with Gasteiger partial charge in [-0.15, -0.1) is 10.2 Å². The Balaban J connectivity index is 1.67. The normalized spacial score (nSPS) is 14.6. The van der Waals surface area contributed by atoms with E-state index in [0.29, 0.717) is 16.7 Å². The van der Waals surface area contributed by atoms with Crippen LogP contribution in [0.5, 0.6) is 0 Å². The molecule has 22 heavy (non-hydrogen) atoms. The van der Waals surface area contributed by atoms with Crippen molar-refractivity contribution in [3.63, 3.8) is 0 Å². The van der Waals surface area contributed by atoms with Crippen LogP contribution in [-0.2, 0) is 11.3 Å². The zero-order valence-electron chi connectivity index (χ0n) is 11.5. The second-order valence-electron chi connectivity index (χ2n) is 5.01. The molecule has 10 heteroatoms. The first-order valence-electron chi connectivity index (χ1n) is 6.60. The number of aromatic nitrogens is 4. The summed E-state index contributed by atoms with van der Waals surface area (Å²) in [5.74, 6) is 0.0958. The number of nitrogens with zero attached hydrogens (tertiary/aromatic N) is 4. The van der Waals surface area contributed by atoms with Gasteiger partial charge in [-0.3, -0.25) is 14.8 Å². The molecule has 1 fully saturated rings. The number of rotatable bonds is 5. The zero-order chi connectivity index (χ0) is 15.9. The number of hydrogen-bond donors (Lipinski definition) is 1. The van der Waals surface area contributed by atoms with E-state index in [4.69, 9.17) is 0 Å². The van der Waals surface area contributed by atoms with Crippen LogP contribution in [0.4, 0.5) is 13.9 Å². The molecule has 2 aromatic rings. The number of halogens is 3. The number of amides is 1. The highest BCUT2D eigenvalue weighted by Gasteiger charge is 2.28. The summed E-state index contributed by atoms with van der Waals surface area (Å²) in [6, 6.07) is 0. The number of alkyl halides is 2. The molecule has 0 bridgehead atoms. The number of nitrogens with one attached hydrogen (secondary N) is 1. The Morgan fingerprint density at radius 3 is 2.82 bits per heavy atom. The number of hydrogen-bond acceptors (Lipinski definition) is 5. The highest BCUT2D eigenvalue weighted by atomic mass is 79.9. The lowest BCUT2D eigenvalue weighted by Gasteiger charge is -2.03. The van der Waals surface area contributed by atoms with Crippen LogP contribution in [0.1, 0.15) is 41.6 Å². The summed E-state index contributed by atoms with van der Waals surface area (Å²) in [4.78, 5) is 12.0. The molecular weight excluding hydrogens is 380 g/mol. The van der Waals surface area contributed by atoms with Gasteiger partial charge in [0.15, 0.2) is 0 Å². The Hall–Kier alpha value is -1.42. The van der Waals surface area contributed by atoms with E-state index in [0.717, 1.165) is 17.8 Å². The topological polar surface area (TPSA) is 72.7 Å². The number of anilines is 1. The molecule has 0 saturated heterocycles. The molecule has 0 aromatic carbocycles. The van der Waals surface area contributed by atoms with Crippen LogP contribution in [-0.4, -0.2) is 25.9 Å². The van der Waals surface area contributed by atoms with Crippen LogP contribution < -0.4 is 5.32 Å². The molecule has 2 heterocycles. The van der Waals surface area contributed by atoms with E-state index in [1.165, 1.54) is 16.0 Å². The van der Waals surface area contributed by atoms with Crippen molar-refractivity contribution in [3.05, 3.63) is 20.9 Å². The predicted octanol–water partition coefficient (Wildman–Crippen LogP) is 3.26. The van der Waals surface area contributed by atoms with Gasteiger partial charge in [-0.25, -0.2) is 8.78 Å². The van der Waals surface area contributed by atoms with Crippen molar-refractivity contribution in [2.75, 3.05) is 5.32 Å². The van der Waals surface area contributed by atoms with Gasteiger partial charge in [-0.1, -0.05) is 11.3 Å². The molecule has 0 unspecified atom stereocenters. The third-order valence-corrected chi connectivity index (χ3v) is 5.25. The van der Waals surface area contributed by atoms with Crippen molar-refractivity contribution in [1.29, 1.82) is 0 Å². The summed E-state index contributed by atoms with van der Waals surface area (Å²) in [6.07, 6.45) is -0.472. The van der Waals surface area contributed by atoms with Gasteiger partial charge in [0.1, 0.15) is 17.2 Å². The molecule has 1 amide bonds. The maximum Gasteiger partial charge on any atom is 0.283 e. The van der Waals surface area contributed by atoms with Gasteiger partial charge >= 0.3 is 0 Å². The summed E-state index contributed by atoms with van der Waals surface area (Å²) in [5.41, 5.74) is 0.110. The molecule has 1 aliphatic carbocycles. The Kier molecular flexibility index (Phi) is 4.22. The first-order valence-corrected chi connectivity index (χ1v) is 8.21. The fourth-order valence-corrected chi connectivity index (χ4v) is 3.30. The van der Waals surface area contributed by atoms with Crippen molar-refractivity contribution in [1.82, 2.24) is 20.0 Å². The molecule has 2 aromatic heterocycles. The minimum Gasteiger partial charge on any atom is -0.299 e. The molecule has 1 N–H and O–H groups in total. The van der Waals surface area contributed by atoms with Crippen LogP contribution in [0.3, 0.4) is 0 Å². The van der Waals surface area contributed by atoms with Crippen LogP contribution in [0.25, 0.3) is 0 Å². The Morgan fingerprint density at radius 2 is 2.23 bits per heavy atom. The number of carbonyl (C=O) groups excluding carboxylic acids is 1. The van der Waals surface area contributed by atoms with Crippen LogP contribution in [0.15, 0.2) is 4.47 Å². The van der Waals surface area contributed by atoms with E-state index in [1.54, 1.807) is 6.92 Å². The van der Waals surface area contributed by atoms with Crippen molar-refractivity contribution in [2.45, 2.75) is 38.7 Å². The molecular formula is C12H12BrF2N5OS. The molecule has 0 atom stereocenters. The predicted molar refractivity (Wildman–Crippen MR) is 80.1 cm³/mol. The molecule has 0 spiro atoms. The van der Waals surface area contributed by atoms with Crippen molar-refractivity contribution >= 4 is 38.3 Å². The van der Waals surface area contributed by atoms with E-state index in [-0.39, 0.29) is 22.6 Å². The van der Waals surface area contributed by atoms with E-state index < -0.39 is 6.43 Å². The van der Waals surface area contributed by atoms with Gasteiger partial charge in [-0.05, 0) is 35.7 Å². The lowest BCUT2D eigenvalue weighted by Crippen LogP contribution is -2.20. The largest absolute Gasteiger partial charge is 0.299 e. The highest BCUT2D eigenvalue weighted by molar-refractivity contribution is 9.10. The van der Waals surface area contributed by atoms with Crippen molar-refractivity contribution < 1.29 is 13.6 Å². The van der Waals surface area contributed by atoms with Gasteiger partial charge in [-0.2, -0.15) is 5.10 Å². The quantitative estimate of drug-likeness (QED) is 0.848. The van der Waals surface area contributed by atoms with Gasteiger partial charge < -0.3 is 0 Å².